The van der Waals surface area contributed by atoms with E-state index < -0.39 is 0 Å². The number of nitrogens with zero attached hydrogens (tertiary/aromatic N) is 2. The summed E-state index contributed by atoms with van der Waals surface area (Å²) in [5.41, 5.74) is 9.43. The molecule has 2 nitrogen and oxygen atoms in total. The van der Waals surface area contributed by atoms with Gasteiger partial charge in [0.2, 0.25) is 0 Å². The normalized spacial score (nSPS) is 11.8. The molecule has 3 heteroatoms. The fourth-order valence-corrected chi connectivity index (χ4v) is 10.7. The van der Waals surface area contributed by atoms with Gasteiger partial charge in [0.25, 0.3) is 0 Å². The van der Waals surface area contributed by atoms with E-state index in [0.29, 0.717) is 14.5 Å². The summed E-state index contributed by atoms with van der Waals surface area (Å²) >= 11 is 0.330. The third-order valence-electron chi connectivity index (χ3n) is 10.8. The molecule has 0 unspecified atom stereocenters. The minimum atomic E-state index is 0.330. The van der Waals surface area contributed by atoms with Gasteiger partial charge in [0.1, 0.15) is 0 Å². The van der Waals surface area contributed by atoms with Crippen LogP contribution in [-0.2, 0) is 0 Å². The van der Waals surface area contributed by atoms with E-state index in [9.17, 15) is 0 Å². The second-order valence-electron chi connectivity index (χ2n) is 13.7. The molecule has 2 heterocycles. The molecule has 248 valence electrons. The van der Waals surface area contributed by atoms with Crippen molar-refractivity contribution in [2.24, 2.45) is 0 Å². The maximum Gasteiger partial charge on any atom is -0.0380 e. The van der Waals surface area contributed by atoms with E-state index in [1.807, 2.05) is 0 Å². The molecule has 0 aliphatic carbocycles. The molecule has 0 N–H and O–H groups in total. The fourth-order valence-electron chi connectivity index (χ4n) is 8.31. The number of anilines is 3. The molecule has 0 aliphatic rings. The summed E-state index contributed by atoms with van der Waals surface area (Å²) in [6.07, 6.45) is 0. The second kappa shape index (κ2) is 12.1. The van der Waals surface area contributed by atoms with Crippen molar-refractivity contribution in [3.63, 3.8) is 0 Å². The number of hydrogen-bond acceptors (Lipinski definition) is 1. The molecule has 11 rings (SSSR count). The Morgan fingerprint density at radius 1 is 0.358 bits per heavy atom. The van der Waals surface area contributed by atoms with Crippen molar-refractivity contribution >= 4 is 94.2 Å². The van der Waals surface area contributed by atoms with Gasteiger partial charge >= 0.3 is 219 Å². The van der Waals surface area contributed by atoms with Gasteiger partial charge < -0.3 is 0 Å². The number of aromatic nitrogens is 1. The van der Waals surface area contributed by atoms with Crippen LogP contribution in [0.25, 0.3) is 79.5 Å². The number of para-hydroxylation sites is 2. The minimum Gasteiger partial charge on any atom is -0.0602 e. The van der Waals surface area contributed by atoms with Gasteiger partial charge in [-0.05, 0) is 18.2 Å². The molecule has 2 aromatic heterocycles. The van der Waals surface area contributed by atoms with Crippen LogP contribution in [0.5, 0.6) is 0 Å². The predicted octanol–water partition coefficient (Wildman–Crippen LogP) is 13.6. The average molecular weight is 740 g/mol. The maximum atomic E-state index is 2.45. The summed E-state index contributed by atoms with van der Waals surface area (Å²) in [5, 5.41) is 10.2. The van der Waals surface area contributed by atoms with Crippen molar-refractivity contribution in [1.29, 1.82) is 0 Å². The van der Waals surface area contributed by atoms with Gasteiger partial charge in [-0.15, -0.1) is 0 Å². The Hall–Kier alpha value is -6.38. The van der Waals surface area contributed by atoms with Crippen LogP contribution in [-0.4, -0.2) is 19.1 Å². The molecular weight excluding hydrogens is 708 g/mol. The van der Waals surface area contributed by atoms with Crippen molar-refractivity contribution in [2.45, 2.75) is 0 Å². The fraction of sp³-hybridized carbons (Fsp3) is 0. The summed E-state index contributed by atoms with van der Waals surface area (Å²) < 4.78 is 5.34. The van der Waals surface area contributed by atoms with Crippen LogP contribution in [0, 0.1) is 0 Å². The first kappa shape index (κ1) is 30.3. The molecule has 0 saturated heterocycles. The van der Waals surface area contributed by atoms with Crippen molar-refractivity contribution in [3.8, 4) is 16.8 Å². The monoisotopic (exact) mass is 740 g/mol. The van der Waals surface area contributed by atoms with Crippen molar-refractivity contribution in [1.82, 2.24) is 4.57 Å². The van der Waals surface area contributed by atoms with Gasteiger partial charge in [0.05, 0.1) is 5.52 Å². The first-order valence-electron chi connectivity index (χ1n) is 18.1. The van der Waals surface area contributed by atoms with Gasteiger partial charge in [0.15, 0.2) is 0 Å². The van der Waals surface area contributed by atoms with E-state index in [1.54, 1.807) is 0 Å². The van der Waals surface area contributed by atoms with Gasteiger partial charge in [-0.1, -0.05) is 60.7 Å². The van der Waals surface area contributed by atoms with Crippen molar-refractivity contribution < 1.29 is 0 Å². The van der Waals surface area contributed by atoms with E-state index in [0.717, 1.165) is 22.7 Å². The van der Waals surface area contributed by atoms with Crippen molar-refractivity contribution in [3.05, 3.63) is 194 Å². The van der Waals surface area contributed by atoms with E-state index in [2.05, 4.69) is 204 Å². The second-order valence-corrected chi connectivity index (χ2v) is 16.0. The Kier molecular flexibility index (Phi) is 6.91. The van der Waals surface area contributed by atoms with Gasteiger partial charge in [-0.3, -0.25) is 0 Å². The maximum absolute atomic E-state index is 2.45. The van der Waals surface area contributed by atoms with E-state index in [1.165, 1.54) is 73.8 Å². The van der Waals surface area contributed by atoms with Gasteiger partial charge in [-0.2, -0.15) is 0 Å². The van der Waals surface area contributed by atoms with Crippen LogP contribution in [0.15, 0.2) is 194 Å². The Labute approximate surface area is 313 Å². The van der Waals surface area contributed by atoms with Crippen molar-refractivity contribution in [2.75, 3.05) is 4.90 Å². The SMILES string of the molecule is c1ccc(-n2c3ccccc3c3ccc(N(c4ccc(-c5ccc6c(c5)[se]c5ccccc56)cc4)c4cc5ccccc5c5ccccc45)cc32)cc1. The summed E-state index contributed by atoms with van der Waals surface area (Å²) in [7, 11) is 0. The molecular formula is C50H32N2Se. The summed E-state index contributed by atoms with van der Waals surface area (Å²) in [5.74, 6) is 0. The minimum absolute atomic E-state index is 0.330. The molecule has 11 aromatic rings. The number of fused-ring (bicyclic) bond motifs is 9. The third kappa shape index (κ3) is 4.86. The third-order valence-corrected chi connectivity index (χ3v) is 13.1. The number of rotatable bonds is 5. The zero-order chi connectivity index (χ0) is 34.9. The smallest absolute Gasteiger partial charge is 0.0380 e. The molecule has 53 heavy (non-hydrogen) atoms. The molecule has 0 atom stereocenters. The Morgan fingerprint density at radius 3 is 1.81 bits per heavy atom. The Morgan fingerprint density at radius 2 is 0.962 bits per heavy atom. The quantitative estimate of drug-likeness (QED) is 0.126. The van der Waals surface area contributed by atoms with E-state index in [4.69, 9.17) is 0 Å². The summed E-state index contributed by atoms with van der Waals surface area (Å²) in [4.78, 5) is 2.45. The Bertz CT molecular complexity index is 3170. The number of hydrogen-bond donors (Lipinski definition) is 0. The van der Waals surface area contributed by atoms with Crippen LogP contribution >= 0.6 is 0 Å². The van der Waals surface area contributed by atoms with Gasteiger partial charge in [-0.25, -0.2) is 0 Å². The molecule has 0 amide bonds. The molecule has 0 radical (unpaired) electrons. The molecule has 0 bridgehead atoms. The first-order valence-corrected chi connectivity index (χ1v) is 19.8. The molecule has 0 saturated carbocycles. The Balaban J connectivity index is 1.13. The predicted molar refractivity (Wildman–Crippen MR) is 228 cm³/mol. The average Bonchev–Trinajstić information content (AvgIpc) is 3.76. The van der Waals surface area contributed by atoms with Crippen LogP contribution < -0.4 is 4.90 Å². The zero-order valence-electron chi connectivity index (χ0n) is 28.8. The van der Waals surface area contributed by atoms with Gasteiger partial charge in [0, 0.05) is 11.1 Å². The summed E-state index contributed by atoms with van der Waals surface area (Å²) in [6, 6.07) is 71.5. The number of benzene rings is 9. The van der Waals surface area contributed by atoms with Crippen LogP contribution in [0.4, 0.5) is 17.1 Å². The topological polar surface area (TPSA) is 8.17 Å². The molecule has 0 spiro atoms. The van der Waals surface area contributed by atoms with E-state index >= 15 is 0 Å². The largest absolute Gasteiger partial charge is 0.0602 e. The zero-order valence-corrected chi connectivity index (χ0v) is 30.5. The molecule has 0 fully saturated rings. The van der Waals surface area contributed by atoms with Crippen LogP contribution in [0.2, 0.25) is 0 Å². The van der Waals surface area contributed by atoms with E-state index in [-0.39, 0.29) is 0 Å². The van der Waals surface area contributed by atoms with Crippen LogP contribution in [0.3, 0.4) is 0 Å². The standard InChI is InChI=1S/C50H32N2Se/c1-2-13-36(14-3-1)52-46-20-10-8-18-42(46)43-29-27-38(32-48(43)52)51(47-30-35-12-4-5-15-39(35)40-16-6-7-17-41(40)47)37-25-22-33(23-26-37)34-24-28-45-44-19-9-11-21-49(44)53-50(45)31-34/h1-32H. The molecule has 9 aromatic carbocycles. The first-order chi connectivity index (χ1) is 26.3. The molecule has 0 aliphatic heterocycles. The summed E-state index contributed by atoms with van der Waals surface area (Å²) in [6.45, 7) is 0. The van der Waals surface area contributed by atoms with Crippen LogP contribution in [0.1, 0.15) is 0 Å².